The van der Waals surface area contributed by atoms with Gasteiger partial charge in [-0.25, -0.2) is 4.79 Å². The van der Waals surface area contributed by atoms with Crippen LogP contribution in [0.25, 0.3) is 0 Å². The minimum absolute atomic E-state index is 0.0209. The van der Waals surface area contributed by atoms with Gasteiger partial charge in [0.25, 0.3) is 0 Å². The monoisotopic (exact) mass is 336 g/mol. The van der Waals surface area contributed by atoms with Crippen LogP contribution in [0.2, 0.25) is 0 Å². The smallest absolute Gasteiger partial charge is 0.317 e. The minimum atomic E-state index is -0.703. The molecule has 2 N–H and O–H groups in total. The molecule has 0 radical (unpaired) electrons. The van der Waals surface area contributed by atoms with E-state index in [0.29, 0.717) is 18.8 Å². The van der Waals surface area contributed by atoms with Gasteiger partial charge < -0.3 is 15.3 Å². The van der Waals surface area contributed by atoms with Crippen LogP contribution in [0.1, 0.15) is 50.0 Å². The van der Waals surface area contributed by atoms with Crippen LogP contribution in [0, 0.1) is 5.92 Å². The van der Waals surface area contributed by atoms with E-state index >= 15 is 0 Å². The van der Waals surface area contributed by atoms with Gasteiger partial charge in [-0.2, -0.15) is 11.3 Å². The zero-order valence-electron chi connectivity index (χ0n) is 13.2. The van der Waals surface area contributed by atoms with Crippen molar-refractivity contribution in [2.24, 2.45) is 5.92 Å². The maximum Gasteiger partial charge on any atom is 0.317 e. The third kappa shape index (κ3) is 4.05. The number of amides is 2. The van der Waals surface area contributed by atoms with Crippen LogP contribution in [-0.4, -0.2) is 41.1 Å². The van der Waals surface area contributed by atoms with Crippen LogP contribution in [0.4, 0.5) is 4.79 Å². The van der Waals surface area contributed by atoms with Crippen LogP contribution in [0.5, 0.6) is 0 Å². The van der Waals surface area contributed by atoms with Gasteiger partial charge in [-0.05, 0) is 66.8 Å². The molecule has 5 nitrogen and oxygen atoms in total. The number of nitrogens with one attached hydrogen (secondary N) is 1. The number of hydrogen-bond donors (Lipinski definition) is 2. The number of carbonyl (C=O) groups is 2. The Kier molecular flexibility index (Phi) is 5.20. The molecule has 2 heterocycles. The lowest BCUT2D eigenvalue weighted by Gasteiger charge is -2.34. The highest BCUT2D eigenvalue weighted by Crippen LogP contribution is 2.30. The zero-order chi connectivity index (χ0) is 16.2. The number of carbonyl (C=O) groups excluding carboxylic acids is 1. The normalized spacial score (nSPS) is 26.0. The Hall–Kier alpha value is -1.56. The summed E-state index contributed by atoms with van der Waals surface area (Å²) in [6.07, 6.45) is 4.93. The highest BCUT2D eigenvalue weighted by molar-refractivity contribution is 7.07. The molecule has 0 aromatic carbocycles. The Labute approximate surface area is 140 Å². The number of aliphatic carboxylic acids is 1. The fourth-order valence-electron chi connectivity index (χ4n) is 3.67. The minimum Gasteiger partial charge on any atom is -0.481 e. The maximum absolute atomic E-state index is 12.4. The van der Waals surface area contributed by atoms with Crippen LogP contribution >= 0.6 is 11.3 Å². The number of nitrogens with zero attached hydrogens (tertiary/aromatic N) is 1. The maximum atomic E-state index is 12.4. The molecule has 2 fully saturated rings. The molecule has 0 bridgehead atoms. The molecule has 1 aromatic rings. The molecule has 0 unspecified atom stereocenters. The number of urea groups is 1. The summed E-state index contributed by atoms with van der Waals surface area (Å²) >= 11 is 1.73. The Morgan fingerprint density at radius 3 is 2.39 bits per heavy atom. The molecule has 0 atom stereocenters. The largest absolute Gasteiger partial charge is 0.481 e. The second kappa shape index (κ2) is 7.34. The lowest BCUT2D eigenvalue weighted by Crippen LogP contribution is -2.48. The fourth-order valence-corrected chi connectivity index (χ4v) is 4.42. The summed E-state index contributed by atoms with van der Waals surface area (Å²) in [5, 5.41) is 16.4. The molecule has 1 aliphatic heterocycles. The molecular weight excluding hydrogens is 312 g/mol. The molecule has 2 aliphatic rings. The number of hydrogen-bond acceptors (Lipinski definition) is 3. The van der Waals surface area contributed by atoms with E-state index in [4.69, 9.17) is 5.11 Å². The van der Waals surface area contributed by atoms with Crippen molar-refractivity contribution < 1.29 is 14.7 Å². The number of rotatable bonds is 3. The lowest BCUT2D eigenvalue weighted by molar-refractivity contribution is -0.142. The summed E-state index contributed by atoms with van der Waals surface area (Å²) in [4.78, 5) is 25.2. The van der Waals surface area contributed by atoms with E-state index in [9.17, 15) is 9.59 Å². The van der Waals surface area contributed by atoms with Crippen molar-refractivity contribution in [2.45, 2.75) is 50.5 Å². The second-order valence-electron chi connectivity index (χ2n) is 6.65. The topological polar surface area (TPSA) is 69.6 Å². The van der Waals surface area contributed by atoms with Gasteiger partial charge in [-0.1, -0.05) is 0 Å². The van der Waals surface area contributed by atoms with Crippen molar-refractivity contribution in [3.8, 4) is 0 Å². The molecule has 1 saturated heterocycles. The highest BCUT2D eigenvalue weighted by Gasteiger charge is 2.29. The summed E-state index contributed by atoms with van der Waals surface area (Å²) < 4.78 is 0. The van der Waals surface area contributed by atoms with Crippen LogP contribution in [-0.2, 0) is 4.79 Å². The van der Waals surface area contributed by atoms with E-state index in [-0.39, 0.29) is 18.0 Å². The molecule has 0 spiro atoms. The zero-order valence-corrected chi connectivity index (χ0v) is 14.1. The average molecular weight is 336 g/mol. The number of carboxylic acid groups (broad SMARTS) is 1. The van der Waals surface area contributed by atoms with Crippen molar-refractivity contribution >= 4 is 23.3 Å². The van der Waals surface area contributed by atoms with E-state index in [1.54, 1.807) is 11.3 Å². The lowest BCUT2D eigenvalue weighted by atomic mass is 9.86. The van der Waals surface area contributed by atoms with Crippen LogP contribution < -0.4 is 5.32 Å². The predicted molar refractivity (Wildman–Crippen MR) is 89.8 cm³/mol. The molecule has 1 saturated carbocycles. The van der Waals surface area contributed by atoms with Gasteiger partial charge in [0, 0.05) is 19.1 Å². The first-order valence-corrected chi connectivity index (χ1v) is 9.38. The SMILES string of the molecule is O=C(O)C1CCC(NC(=O)N2CCC(c3ccsc3)CC2)CC1. The third-order valence-electron chi connectivity index (χ3n) is 5.20. The Bertz CT molecular complexity index is 530. The summed E-state index contributed by atoms with van der Waals surface area (Å²) in [6.45, 7) is 1.60. The van der Waals surface area contributed by atoms with Crippen LogP contribution in [0.3, 0.4) is 0 Å². The Morgan fingerprint density at radius 2 is 1.83 bits per heavy atom. The van der Waals surface area contributed by atoms with E-state index in [1.807, 2.05) is 4.90 Å². The fraction of sp³-hybridized carbons (Fsp3) is 0.647. The first kappa shape index (κ1) is 16.3. The van der Waals surface area contributed by atoms with E-state index in [2.05, 4.69) is 22.1 Å². The average Bonchev–Trinajstić information content (AvgIpc) is 3.10. The molecule has 23 heavy (non-hydrogen) atoms. The second-order valence-corrected chi connectivity index (χ2v) is 7.43. The number of likely N-dealkylation sites (tertiary alicyclic amines) is 1. The van der Waals surface area contributed by atoms with Gasteiger partial charge in [-0.3, -0.25) is 4.79 Å². The number of piperidine rings is 1. The van der Waals surface area contributed by atoms with Crippen molar-refractivity contribution in [3.05, 3.63) is 22.4 Å². The Balaban J connectivity index is 1.42. The summed E-state index contributed by atoms with van der Waals surface area (Å²) in [5.41, 5.74) is 1.40. The van der Waals surface area contributed by atoms with E-state index < -0.39 is 5.97 Å². The van der Waals surface area contributed by atoms with Gasteiger partial charge in [0.2, 0.25) is 0 Å². The molecule has 126 valence electrons. The molecule has 3 rings (SSSR count). The molecule has 2 amide bonds. The first-order valence-electron chi connectivity index (χ1n) is 8.44. The summed E-state index contributed by atoms with van der Waals surface area (Å²) in [7, 11) is 0. The molecule has 1 aromatic heterocycles. The summed E-state index contributed by atoms with van der Waals surface area (Å²) in [5.74, 6) is -0.355. The number of thiophene rings is 1. The van der Waals surface area contributed by atoms with Gasteiger partial charge in [0.15, 0.2) is 0 Å². The molecule has 1 aliphatic carbocycles. The molecular formula is C17H24N2O3S. The highest BCUT2D eigenvalue weighted by atomic mass is 32.1. The van der Waals surface area contributed by atoms with Gasteiger partial charge in [0.1, 0.15) is 0 Å². The van der Waals surface area contributed by atoms with E-state index in [0.717, 1.165) is 38.8 Å². The van der Waals surface area contributed by atoms with Gasteiger partial charge in [-0.15, -0.1) is 0 Å². The van der Waals surface area contributed by atoms with Crippen LogP contribution in [0.15, 0.2) is 16.8 Å². The predicted octanol–water partition coefficient (Wildman–Crippen LogP) is 3.28. The Morgan fingerprint density at radius 1 is 1.13 bits per heavy atom. The third-order valence-corrected chi connectivity index (χ3v) is 5.90. The van der Waals surface area contributed by atoms with E-state index in [1.165, 1.54) is 5.56 Å². The molecule has 6 heteroatoms. The van der Waals surface area contributed by atoms with Crippen molar-refractivity contribution in [1.29, 1.82) is 0 Å². The number of carboxylic acids is 1. The van der Waals surface area contributed by atoms with Crippen molar-refractivity contribution in [2.75, 3.05) is 13.1 Å². The van der Waals surface area contributed by atoms with Crippen molar-refractivity contribution in [1.82, 2.24) is 10.2 Å². The van der Waals surface area contributed by atoms with Gasteiger partial charge in [0.05, 0.1) is 5.92 Å². The standard InChI is InChI=1S/C17H24N2O3S/c20-16(21)13-1-3-15(4-2-13)18-17(22)19-8-5-12(6-9-19)14-7-10-23-11-14/h7,10-13,15H,1-6,8-9H2,(H,18,22)(H,20,21). The quantitative estimate of drug-likeness (QED) is 0.890. The first-order chi connectivity index (χ1) is 11.1. The van der Waals surface area contributed by atoms with Crippen molar-refractivity contribution in [3.63, 3.8) is 0 Å². The summed E-state index contributed by atoms with van der Waals surface area (Å²) in [6, 6.07) is 2.34. The van der Waals surface area contributed by atoms with Gasteiger partial charge >= 0.3 is 12.0 Å².